The Hall–Kier alpha value is -0.920. The number of hydrogen-bond donors (Lipinski definition) is 1. The fraction of sp³-hybridized carbons (Fsp3) is 0.882. The van der Waals surface area contributed by atoms with Crippen LogP contribution in [0.3, 0.4) is 0 Å². The molecule has 0 aliphatic carbocycles. The highest BCUT2D eigenvalue weighted by atomic mass is 32.1. The largest absolute Gasteiger partial charge is 0.460 e. The van der Waals surface area contributed by atoms with Crippen molar-refractivity contribution in [2.75, 3.05) is 12.3 Å². The van der Waals surface area contributed by atoms with Crippen molar-refractivity contribution in [3.8, 4) is 0 Å². The topological polar surface area (TPSA) is 46.6 Å². The van der Waals surface area contributed by atoms with Gasteiger partial charge in [-0.3, -0.25) is 9.59 Å². The molecule has 146 valence electrons. The Balaban J connectivity index is 2.89. The average Bonchev–Trinajstić information content (AvgIpc) is 2.44. The molecule has 0 N–H and O–H groups in total. The van der Waals surface area contributed by atoms with Crippen molar-refractivity contribution in [3.63, 3.8) is 0 Å². The summed E-state index contributed by atoms with van der Waals surface area (Å²) < 4.78 is 43.4. The first kappa shape index (κ1) is 22.1. The van der Waals surface area contributed by atoms with Crippen LogP contribution >= 0.6 is 12.6 Å². The van der Waals surface area contributed by atoms with Gasteiger partial charge >= 0.3 is 12.1 Å². The molecule has 0 bridgehead atoms. The third-order valence-electron chi connectivity index (χ3n) is 4.38. The van der Waals surface area contributed by atoms with E-state index in [9.17, 15) is 22.8 Å². The lowest BCUT2D eigenvalue weighted by atomic mass is 9.88. The van der Waals surface area contributed by atoms with Crippen LogP contribution in [0.2, 0.25) is 0 Å². The number of alkyl halides is 3. The molecule has 0 aromatic heterocycles. The molecule has 25 heavy (non-hydrogen) atoms. The van der Waals surface area contributed by atoms with Crippen molar-refractivity contribution in [2.24, 2.45) is 11.3 Å². The summed E-state index contributed by atoms with van der Waals surface area (Å²) in [6.07, 6.45) is -4.66. The van der Waals surface area contributed by atoms with Gasteiger partial charge in [0.15, 0.2) is 0 Å². The van der Waals surface area contributed by atoms with Crippen LogP contribution in [-0.2, 0) is 14.3 Å². The Morgan fingerprint density at radius 1 is 1.24 bits per heavy atom. The van der Waals surface area contributed by atoms with Crippen molar-refractivity contribution in [2.45, 2.75) is 71.7 Å². The van der Waals surface area contributed by atoms with E-state index < -0.39 is 42.0 Å². The molecule has 1 heterocycles. The molecule has 1 amide bonds. The normalized spacial score (nSPS) is 23.3. The fourth-order valence-corrected chi connectivity index (χ4v) is 3.32. The number of thiol groups is 1. The van der Waals surface area contributed by atoms with Crippen LogP contribution in [0.1, 0.15) is 53.4 Å². The van der Waals surface area contributed by atoms with Crippen LogP contribution in [0.25, 0.3) is 0 Å². The van der Waals surface area contributed by atoms with Crippen LogP contribution in [0.4, 0.5) is 13.2 Å². The summed E-state index contributed by atoms with van der Waals surface area (Å²) in [4.78, 5) is 25.5. The van der Waals surface area contributed by atoms with E-state index in [1.807, 2.05) is 0 Å². The quantitative estimate of drug-likeness (QED) is 0.580. The van der Waals surface area contributed by atoms with Gasteiger partial charge in [0.25, 0.3) is 0 Å². The minimum Gasteiger partial charge on any atom is -0.460 e. The summed E-state index contributed by atoms with van der Waals surface area (Å²) in [7, 11) is 0. The number of rotatable bonds is 5. The van der Waals surface area contributed by atoms with Gasteiger partial charge in [0.05, 0.1) is 11.5 Å². The van der Waals surface area contributed by atoms with Crippen LogP contribution in [0, 0.1) is 11.3 Å². The number of esters is 1. The van der Waals surface area contributed by atoms with Gasteiger partial charge in [0.2, 0.25) is 5.91 Å². The predicted octanol–water partition coefficient (Wildman–Crippen LogP) is 3.84. The lowest BCUT2D eigenvalue weighted by Crippen LogP contribution is -2.53. The van der Waals surface area contributed by atoms with Gasteiger partial charge in [-0.1, -0.05) is 0 Å². The highest BCUT2D eigenvalue weighted by Gasteiger charge is 2.41. The van der Waals surface area contributed by atoms with Crippen LogP contribution < -0.4 is 0 Å². The van der Waals surface area contributed by atoms with Gasteiger partial charge < -0.3 is 9.64 Å². The van der Waals surface area contributed by atoms with E-state index in [1.165, 1.54) is 4.90 Å². The minimum absolute atomic E-state index is 0.122. The molecule has 1 aliphatic heterocycles. The zero-order chi connectivity index (χ0) is 19.4. The van der Waals surface area contributed by atoms with Gasteiger partial charge in [-0.05, 0) is 58.6 Å². The number of carbonyl (C=O) groups is 2. The molecule has 1 aliphatic rings. The van der Waals surface area contributed by atoms with Gasteiger partial charge in [-0.25, -0.2) is 0 Å². The molecular weight excluding hydrogens is 355 g/mol. The Morgan fingerprint density at radius 2 is 1.84 bits per heavy atom. The lowest BCUT2D eigenvalue weighted by molar-refractivity contribution is -0.173. The van der Waals surface area contributed by atoms with E-state index in [0.717, 1.165) is 12.8 Å². The molecule has 1 rings (SSSR count). The molecular formula is C17H28F3NO3S. The number of nitrogens with zero attached hydrogens (tertiary/aromatic N) is 1. The van der Waals surface area contributed by atoms with Gasteiger partial charge in [0.1, 0.15) is 12.5 Å². The summed E-state index contributed by atoms with van der Waals surface area (Å²) in [6, 6.07) is -0.530. The molecule has 1 fully saturated rings. The van der Waals surface area contributed by atoms with Crippen molar-refractivity contribution >= 4 is 24.5 Å². The van der Waals surface area contributed by atoms with E-state index in [0.29, 0.717) is 12.2 Å². The minimum atomic E-state index is -4.55. The van der Waals surface area contributed by atoms with E-state index in [1.54, 1.807) is 27.7 Å². The van der Waals surface area contributed by atoms with Crippen molar-refractivity contribution in [3.05, 3.63) is 0 Å². The summed E-state index contributed by atoms with van der Waals surface area (Å²) >= 11 is 4.17. The van der Waals surface area contributed by atoms with Gasteiger partial charge in [-0.2, -0.15) is 25.8 Å². The fourth-order valence-electron chi connectivity index (χ4n) is 2.96. The Kier molecular flexibility index (Phi) is 7.65. The molecule has 0 aromatic rings. The smallest absolute Gasteiger partial charge is 0.397 e. The lowest BCUT2D eigenvalue weighted by Gasteiger charge is -2.42. The van der Waals surface area contributed by atoms with Crippen LogP contribution in [0.15, 0.2) is 0 Å². The van der Waals surface area contributed by atoms with Crippen LogP contribution in [0.5, 0.6) is 0 Å². The third-order valence-corrected chi connectivity index (χ3v) is 4.64. The van der Waals surface area contributed by atoms with Gasteiger partial charge in [-0.15, -0.1) is 0 Å². The third kappa shape index (κ3) is 7.07. The van der Waals surface area contributed by atoms with Crippen molar-refractivity contribution < 1.29 is 27.5 Å². The molecule has 2 unspecified atom stereocenters. The Bertz CT molecular complexity index is 477. The van der Waals surface area contributed by atoms with Crippen molar-refractivity contribution in [1.82, 2.24) is 4.90 Å². The highest BCUT2D eigenvalue weighted by molar-refractivity contribution is 7.80. The SMILES string of the molecule is C[C@H](OC(=O)C(C)(C)C)C1CCC(CCS)CN1C(=O)CC(F)(F)F. The second-order valence-corrected chi connectivity index (χ2v) is 8.17. The zero-order valence-electron chi connectivity index (χ0n) is 15.2. The van der Waals surface area contributed by atoms with E-state index >= 15 is 0 Å². The molecule has 0 radical (unpaired) electrons. The summed E-state index contributed by atoms with van der Waals surface area (Å²) in [5.74, 6) is -0.650. The second-order valence-electron chi connectivity index (χ2n) is 7.72. The number of amides is 1. The summed E-state index contributed by atoms with van der Waals surface area (Å²) in [6.45, 7) is 7.01. The van der Waals surface area contributed by atoms with E-state index in [4.69, 9.17) is 4.74 Å². The van der Waals surface area contributed by atoms with Crippen LogP contribution in [-0.4, -0.2) is 47.4 Å². The first-order valence-electron chi connectivity index (χ1n) is 8.53. The number of carbonyl (C=O) groups excluding carboxylic acids is 2. The zero-order valence-corrected chi connectivity index (χ0v) is 16.1. The number of halogens is 3. The monoisotopic (exact) mass is 383 g/mol. The maximum Gasteiger partial charge on any atom is 0.397 e. The molecule has 0 saturated carbocycles. The molecule has 8 heteroatoms. The Morgan fingerprint density at radius 3 is 2.32 bits per heavy atom. The number of ether oxygens (including phenoxy) is 1. The van der Waals surface area contributed by atoms with E-state index in [-0.39, 0.29) is 12.5 Å². The predicted molar refractivity (Wildman–Crippen MR) is 92.4 cm³/mol. The second kappa shape index (κ2) is 8.64. The summed E-state index contributed by atoms with van der Waals surface area (Å²) in [5, 5.41) is 0. The highest BCUT2D eigenvalue weighted by Crippen LogP contribution is 2.31. The maximum atomic E-state index is 12.7. The molecule has 0 spiro atoms. The first-order chi connectivity index (χ1) is 11.3. The maximum absolute atomic E-state index is 12.7. The first-order valence-corrected chi connectivity index (χ1v) is 9.16. The molecule has 4 nitrogen and oxygen atoms in total. The number of likely N-dealkylation sites (tertiary alicyclic amines) is 1. The standard InChI is InChI=1S/C17H28F3NO3S/c1-11(24-15(23)16(2,3)4)13-6-5-12(7-8-25)10-21(13)14(22)9-17(18,19)20/h11-13,25H,5-10H2,1-4H3/t11-,12?,13?/m0/s1. The number of hydrogen-bond acceptors (Lipinski definition) is 4. The summed E-state index contributed by atoms with van der Waals surface area (Å²) in [5.41, 5.74) is -0.710. The molecule has 1 saturated heterocycles. The van der Waals surface area contributed by atoms with Gasteiger partial charge in [0, 0.05) is 6.54 Å². The molecule has 0 aromatic carbocycles. The Labute approximate surface area is 152 Å². The van der Waals surface area contributed by atoms with E-state index in [2.05, 4.69) is 12.6 Å². The average molecular weight is 383 g/mol. The number of piperidine rings is 1. The molecule has 3 atom stereocenters. The van der Waals surface area contributed by atoms with Crippen molar-refractivity contribution in [1.29, 1.82) is 0 Å².